The van der Waals surface area contributed by atoms with Gasteiger partial charge in [0, 0.05) is 25.2 Å². The SMILES string of the molecule is CCC1CCC(C)N1CCNc1ccccc1Cl. The predicted octanol–water partition coefficient (Wildman–Crippen LogP) is 4.01. The lowest BCUT2D eigenvalue weighted by Gasteiger charge is -2.27. The second-order valence-corrected chi connectivity index (χ2v) is 5.54. The molecule has 0 spiro atoms. The van der Waals surface area contributed by atoms with Crippen molar-refractivity contribution >= 4 is 17.3 Å². The number of hydrogen-bond donors (Lipinski definition) is 1. The van der Waals surface area contributed by atoms with E-state index < -0.39 is 0 Å². The van der Waals surface area contributed by atoms with E-state index in [9.17, 15) is 0 Å². The molecule has 1 aliphatic rings. The average Bonchev–Trinajstić information content (AvgIpc) is 2.73. The van der Waals surface area contributed by atoms with Crippen molar-refractivity contribution in [3.8, 4) is 0 Å². The van der Waals surface area contributed by atoms with Crippen LogP contribution in [-0.4, -0.2) is 30.1 Å². The van der Waals surface area contributed by atoms with Gasteiger partial charge in [0.1, 0.15) is 0 Å². The molecule has 1 heterocycles. The number of rotatable bonds is 5. The van der Waals surface area contributed by atoms with Crippen LogP contribution in [0.25, 0.3) is 0 Å². The Hall–Kier alpha value is -0.730. The molecule has 0 aromatic heterocycles. The molecule has 3 heteroatoms. The molecule has 0 saturated carbocycles. The van der Waals surface area contributed by atoms with Gasteiger partial charge in [0.05, 0.1) is 10.7 Å². The third-order valence-electron chi connectivity index (χ3n) is 3.98. The summed E-state index contributed by atoms with van der Waals surface area (Å²) in [7, 11) is 0. The fourth-order valence-electron chi connectivity index (χ4n) is 2.89. The maximum Gasteiger partial charge on any atom is 0.0637 e. The van der Waals surface area contributed by atoms with Crippen molar-refractivity contribution in [2.45, 2.75) is 45.2 Å². The fraction of sp³-hybridized carbons (Fsp3) is 0.600. The second kappa shape index (κ2) is 6.44. The van der Waals surface area contributed by atoms with Gasteiger partial charge in [0.2, 0.25) is 0 Å². The van der Waals surface area contributed by atoms with Gasteiger partial charge in [-0.2, -0.15) is 0 Å². The van der Waals surface area contributed by atoms with E-state index in [4.69, 9.17) is 11.6 Å². The van der Waals surface area contributed by atoms with Crippen LogP contribution in [0.15, 0.2) is 24.3 Å². The lowest BCUT2D eigenvalue weighted by atomic mass is 10.1. The van der Waals surface area contributed by atoms with E-state index in [1.54, 1.807) is 0 Å². The molecule has 1 aromatic carbocycles. The van der Waals surface area contributed by atoms with Gasteiger partial charge in [0.25, 0.3) is 0 Å². The fourth-order valence-corrected chi connectivity index (χ4v) is 3.09. The molecule has 0 bridgehead atoms. The number of halogens is 1. The van der Waals surface area contributed by atoms with Crippen LogP contribution in [0.5, 0.6) is 0 Å². The Morgan fingerprint density at radius 1 is 1.33 bits per heavy atom. The Morgan fingerprint density at radius 3 is 2.83 bits per heavy atom. The number of nitrogens with zero attached hydrogens (tertiary/aromatic N) is 1. The summed E-state index contributed by atoms with van der Waals surface area (Å²) in [5.41, 5.74) is 1.04. The Balaban J connectivity index is 1.83. The van der Waals surface area contributed by atoms with E-state index in [0.29, 0.717) is 0 Å². The van der Waals surface area contributed by atoms with Crippen molar-refractivity contribution in [1.29, 1.82) is 0 Å². The van der Waals surface area contributed by atoms with E-state index in [2.05, 4.69) is 24.1 Å². The van der Waals surface area contributed by atoms with Crippen molar-refractivity contribution < 1.29 is 0 Å². The van der Waals surface area contributed by atoms with Crippen LogP contribution in [0.3, 0.4) is 0 Å². The standard InChI is InChI=1S/C15H23ClN2/c1-3-13-9-8-12(2)18(13)11-10-17-15-7-5-4-6-14(15)16/h4-7,12-13,17H,3,8-11H2,1-2H3. The van der Waals surface area contributed by atoms with Crippen molar-refractivity contribution in [1.82, 2.24) is 4.90 Å². The molecule has 1 aromatic rings. The number of hydrogen-bond acceptors (Lipinski definition) is 2. The number of para-hydroxylation sites is 1. The quantitative estimate of drug-likeness (QED) is 0.866. The van der Waals surface area contributed by atoms with Crippen molar-refractivity contribution in [2.75, 3.05) is 18.4 Å². The Labute approximate surface area is 115 Å². The van der Waals surface area contributed by atoms with Crippen LogP contribution in [0.1, 0.15) is 33.1 Å². The number of likely N-dealkylation sites (tertiary alicyclic amines) is 1. The maximum absolute atomic E-state index is 6.13. The van der Waals surface area contributed by atoms with Gasteiger partial charge in [-0.3, -0.25) is 4.90 Å². The summed E-state index contributed by atoms with van der Waals surface area (Å²) in [5.74, 6) is 0. The molecule has 1 saturated heterocycles. The largest absolute Gasteiger partial charge is 0.383 e. The van der Waals surface area contributed by atoms with Crippen molar-refractivity contribution in [3.63, 3.8) is 0 Å². The molecule has 2 rings (SSSR count). The minimum absolute atomic E-state index is 0.725. The predicted molar refractivity (Wildman–Crippen MR) is 79.4 cm³/mol. The highest BCUT2D eigenvalue weighted by molar-refractivity contribution is 6.33. The molecule has 2 unspecified atom stereocenters. The summed E-state index contributed by atoms with van der Waals surface area (Å²) < 4.78 is 0. The van der Waals surface area contributed by atoms with Crippen LogP contribution in [-0.2, 0) is 0 Å². The minimum Gasteiger partial charge on any atom is -0.383 e. The first-order chi connectivity index (χ1) is 8.72. The summed E-state index contributed by atoms with van der Waals surface area (Å²) in [4.78, 5) is 2.63. The third-order valence-corrected chi connectivity index (χ3v) is 4.31. The summed E-state index contributed by atoms with van der Waals surface area (Å²) in [6, 6.07) is 9.44. The highest BCUT2D eigenvalue weighted by atomic mass is 35.5. The molecular formula is C15H23ClN2. The van der Waals surface area contributed by atoms with Gasteiger partial charge < -0.3 is 5.32 Å². The first-order valence-electron chi connectivity index (χ1n) is 6.96. The van der Waals surface area contributed by atoms with Gasteiger partial charge in [0.15, 0.2) is 0 Å². The van der Waals surface area contributed by atoms with E-state index >= 15 is 0 Å². The maximum atomic E-state index is 6.13. The molecule has 0 aliphatic carbocycles. The Morgan fingerprint density at radius 2 is 2.11 bits per heavy atom. The highest BCUT2D eigenvalue weighted by Gasteiger charge is 2.28. The second-order valence-electron chi connectivity index (χ2n) is 5.13. The van der Waals surface area contributed by atoms with Crippen molar-refractivity contribution in [2.24, 2.45) is 0 Å². The molecule has 0 amide bonds. The van der Waals surface area contributed by atoms with Gasteiger partial charge in [-0.15, -0.1) is 0 Å². The molecule has 100 valence electrons. The van der Waals surface area contributed by atoms with E-state index in [0.717, 1.165) is 35.9 Å². The van der Waals surface area contributed by atoms with Crippen LogP contribution in [0.2, 0.25) is 5.02 Å². The van der Waals surface area contributed by atoms with Crippen LogP contribution < -0.4 is 5.32 Å². The average molecular weight is 267 g/mol. The van der Waals surface area contributed by atoms with Gasteiger partial charge in [-0.1, -0.05) is 30.7 Å². The number of benzene rings is 1. The molecule has 1 N–H and O–H groups in total. The topological polar surface area (TPSA) is 15.3 Å². The van der Waals surface area contributed by atoms with Gasteiger partial charge in [-0.05, 0) is 38.3 Å². The molecule has 0 radical (unpaired) electrons. The zero-order chi connectivity index (χ0) is 13.0. The molecular weight excluding hydrogens is 244 g/mol. The summed E-state index contributed by atoms with van der Waals surface area (Å²) in [6.45, 7) is 6.69. The van der Waals surface area contributed by atoms with E-state index in [-0.39, 0.29) is 0 Å². The highest BCUT2D eigenvalue weighted by Crippen LogP contribution is 2.25. The molecule has 18 heavy (non-hydrogen) atoms. The first kappa shape index (κ1) is 13.7. The zero-order valence-corrected chi connectivity index (χ0v) is 12.1. The lowest BCUT2D eigenvalue weighted by Crippen LogP contribution is -2.37. The lowest BCUT2D eigenvalue weighted by molar-refractivity contribution is 0.207. The minimum atomic E-state index is 0.725. The summed E-state index contributed by atoms with van der Waals surface area (Å²) >= 11 is 6.13. The smallest absolute Gasteiger partial charge is 0.0637 e. The molecule has 2 nitrogen and oxygen atoms in total. The first-order valence-corrected chi connectivity index (χ1v) is 7.34. The molecule has 1 aliphatic heterocycles. The summed E-state index contributed by atoms with van der Waals surface area (Å²) in [6.07, 6.45) is 3.95. The Kier molecular flexibility index (Phi) is 4.90. The van der Waals surface area contributed by atoms with Crippen molar-refractivity contribution in [3.05, 3.63) is 29.3 Å². The van der Waals surface area contributed by atoms with Crippen LogP contribution >= 0.6 is 11.6 Å². The third kappa shape index (κ3) is 3.18. The van der Waals surface area contributed by atoms with Crippen LogP contribution in [0.4, 0.5) is 5.69 Å². The van der Waals surface area contributed by atoms with E-state index in [1.807, 2.05) is 24.3 Å². The van der Waals surface area contributed by atoms with Gasteiger partial charge in [-0.25, -0.2) is 0 Å². The number of anilines is 1. The van der Waals surface area contributed by atoms with E-state index in [1.165, 1.54) is 19.3 Å². The monoisotopic (exact) mass is 266 g/mol. The Bertz CT molecular complexity index is 381. The summed E-state index contributed by atoms with van der Waals surface area (Å²) in [5, 5.41) is 4.24. The zero-order valence-electron chi connectivity index (χ0n) is 11.3. The van der Waals surface area contributed by atoms with Gasteiger partial charge >= 0.3 is 0 Å². The van der Waals surface area contributed by atoms with Crippen LogP contribution in [0, 0.1) is 0 Å². The molecule has 2 atom stereocenters. The normalized spacial score (nSPS) is 24.4. The molecule has 1 fully saturated rings. The number of nitrogens with one attached hydrogen (secondary N) is 1.